The Kier molecular flexibility index (Phi) is 4.39. The number of hydrogen-bond donors (Lipinski definition) is 1. The first kappa shape index (κ1) is 11.0. The monoisotopic (exact) mass is 217 g/mol. The Morgan fingerprint density at radius 2 is 2.14 bits per heavy atom. The Labute approximate surface area is 84.7 Å². The number of para-hydroxylation sites is 1. The molecule has 0 unspecified atom stereocenters. The molecule has 1 rings (SSSR count). The molecule has 1 aromatic rings. The number of carbonyl (C=O) groups is 1. The number of alkyl halides is 2. The summed E-state index contributed by atoms with van der Waals surface area (Å²) in [5.74, 6) is -0.266. The van der Waals surface area contributed by atoms with Gasteiger partial charge in [0, 0.05) is 4.90 Å². The average molecular weight is 217 g/mol. The van der Waals surface area contributed by atoms with Crippen molar-refractivity contribution in [3.63, 3.8) is 0 Å². The highest BCUT2D eigenvalue weighted by Gasteiger charge is 2.06. The predicted octanol–water partition coefficient (Wildman–Crippen LogP) is 2.61. The van der Waals surface area contributed by atoms with Crippen LogP contribution in [0.2, 0.25) is 0 Å². The largest absolute Gasteiger partial charge is 0.328 e. The average Bonchev–Trinajstić information content (AvgIpc) is 2.17. The molecule has 0 saturated carbocycles. The molecule has 0 saturated heterocycles. The molecule has 1 aromatic carbocycles. The van der Waals surface area contributed by atoms with E-state index in [-0.39, 0.29) is 5.75 Å². The molecule has 0 aliphatic heterocycles. The van der Waals surface area contributed by atoms with Crippen LogP contribution < -0.4 is 5.32 Å². The van der Waals surface area contributed by atoms with Gasteiger partial charge in [0.05, 0.1) is 11.4 Å². The van der Waals surface area contributed by atoms with Crippen molar-refractivity contribution < 1.29 is 13.6 Å². The molecule has 5 heteroatoms. The fourth-order valence-corrected chi connectivity index (χ4v) is 1.69. The van der Waals surface area contributed by atoms with Crippen LogP contribution in [0.15, 0.2) is 29.2 Å². The summed E-state index contributed by atoms with van der Waals surface area (Å²) in [6.07, 6.45) is -1.81. The Bertz CT molecular complexity index is 307. The highest BCUT2D eigenvalue weighted by molar-refractivity contribution is 7.99. The SMILES string of the molecule is O=CNc1ccccc1SCC(F)F. The van der Waals surface area contributed by atoms with Gasteiger partial charge in [0.25, 0.3) is 0 Å². The normalized spacial score (nSPS) is 10.2. The minimum absolute atomic E-state index is 0.266. The second-order valence-corrected chi connectivity index (χ2v) is 3.52. The molecule has 14 heavy (non-hydrogen) atoms. The third kappa shape index (κ3) is 3.33. The fourth-order valence-electron chi connectivity index (χ4n) is 0.928. The topological polar surface area (TPSA) is 29.1 Å². The van der Waals surface area contributed by atoms with Gasteiger partial charge >= 0.3 is 0 Å². The summed E-state index contributed by atoms with van der Waals surface area (Å²) in [6.45, 7) is 0. The second-order valence-electron chi connectivity index (χ2n) is 2.46. The number of halogens is 2. The molecule has 0 aliphatic carbocycles. The number of amides is 1. The zero-order chi connectivity index (χ0) is 10.4. The molecule has 1 amide bonds. The summed E-state index contributed by atoms with van der Waals surface area (Å²) in [6, 6.07) is 6.84. The summed E-state index contributed by atoms with van der Waals surface area (Å²) >= 11 is 1.02. The third-order valence-electron chi connectivity index (χ3n) is 1.47. The van der Waals surface area contributed by atoms with Crippen LogP contribution in [0.4, 0.5) is 14.5 Å². The van der Waals surface area contributed by atoms with Gasteiger partial charge in [-0.15, -0.1) is 11.8 Å². The van der Waals surface area contributed by atoms with Crippen LogP contribution in [0.3, 0.4) is 0 Å². The van der Waals surface area contributed by atoms with E-state index >= 15 is 0 Å². The predicted molar refractivity (Wildman–Crippen MR) is 52.9 cm³/mol. The molecular formula is C9H9F2NOS. The molecule has 0 bridgehead atoms. The van der Waals surface area contributed by atoms with Gasteiger partial charge in [0.2, 0.25) is 12.8 Å². The number of carbonyl (C=O) groups excluding carboxylic acids is 1. The fraction of sp³-hybridized carbons (Fsp3) is 0.222. The van der Waals surface area contributed by atoms with Gasteiger partial charge in [-0.3, -0.25) is 4.79 Å². The van der Waals surface area contributed by atoms with Gasteiger partial charge in [-0.05, 0) is 12.1 Å². The maximum Gasteiger partial charge on any atom is 0.247 e. The number of hydrogen-bond acceptors (Lipinski definition) is 2. The van der Waals surface area contributed by atoms with E-state index in [4.69, 9.17) is 0 Å². The number of anilines is 1. The van der Waals surface area contributed by atoms with Crippen LogP contribution in [0.5, 0.6) is 0 Å². The van der Waals surface area contributed by atoms with Crippen molar-refractivity contribution in [3.05, 3.63) is 24.3 Å². The van der Waals surface area contributed by atoms with E-state index in [1.165, 1.54) is 0 Å². The van der Waals surface area contributed by atoms with E-state index in [0.717, 1.165) is 11.8 Å². The first-order valence-electron chi connectivity index (χ1n) is 3.94. The van der Waals surface area contributed by atoms with Crippen molar-refractivity contribution in [3.8, 4) is 0 Å². The molecule has 0 fully saturated rings. The minimum atomic E-state index is -2.34. The standard InChI is InChI=1S/C9H9F2NOS/c10-9(11)5-14-8-4-2-1-3-7(8)12-6-13/h1-4,6,9H,5H2,(H,12,13). The van der Waals surface area contributed by atoms with Gasteiger partial charge in [-0.2, -0.15) is 0 Å². The molecule has 0 aromatic heterocycles. The molecule has 0 atom stereocenters. The number of nitrogens with one attached hydrogen (secondary N) is 1. The third-order valence-corrected chi connectivity index (χ3v) is 2.55. The Morgan fingerprint density at radius 3 is 2.79 bits per heavy atom. The molecule has 0 heterocycles. The molecule has 2 nitrogen and oxygen atoms in total. The highest BCUT2D eigenvalue weighted by atomic mass is 32.2. The van der Waals surface area contributed by atoms with Crippen molar-refractivity contribution in [2.75, 3.05) is 11.1 Å². The lowest BCUT2D eigenvalue weighted by Gasteiger charge is -2.06. The van der Waals surface area contributed by atoms with Gasteiger partial charge in [0.15, 0.2) is 0 Å². The van der Waals surface area contributed by atoms with Crippen molar-refractivity contribution >= 4 is 23.9 Å². The van der Waals surface area contributed by atoms with Crippen molar-refractivity contribution in [1.82, 2.24) is 0 Å². The van der Waals surface area contributed by atoms with Crippen LogP contribution in [0, 0.1) is 0 Å². The molecule has 0 radical (unpaired) electrons. The maximum absolute atomic E-state index is 11.9. The summed E-state index contributed by atoms with van der Waals surface area (Å²) in [5.41, 5.74) is 0.563. The van der Waals surface area contributed by atoms with Crippen LogP contribution >= 0.6 is 11.8 Å². The first-order chi connectivity index (χ1) is 6.74. The Hall–Kier alpha value is -1.10. The highest BCUT2D eigenvalue weighted by Crippen LogP contribution is 2.27. The van der Waals surface area contributed by atoms with Gasteiger partial charge in [-0.25, -0.2) is 8.78 Å². The number of rotatable bonds is 5. The second kappa shape index (κ2) is 5.59. The van der Waals surface area contributed by atoms with Crippen LogP contribution in [0.1, 0.15) is 0 Å². The molecule has 0 spiro atoms. The minimum Gasteiger partial charge on any atom is -0.328 e. The lowest BCUT2D eigenvalue weighted by atomic mass is 10.3. The summed E-state index contributed by atoms with van der Waals surface area (Å²) in [7, 11) is 0. The summed E-state index contributed by atoms with van der Waals surface area (Å²) in [4.78, 5) is 10.8. The van der Waals surface area contributed by atoms with E-state index in [1.54, 1.807) is 24.3 Å². The molecular weight excluding hydrogens is 208 g/mol. The Balaban J connectivity index is 2.68. The van der Waals surface area contributed by atoms with E-state index in [0.29, 0.717) is 17.0 Å². The lowest BCUT2D eigenvalue weighted by Crippen LogP contribution is -1.98. The summed E-state index contributed by atoms with van der Waals surface area (Å²) in [5, 5.41) is 2.45. The molecule has 0 aliphatic rings. The van der Waals surface area contributed by atoms with Crippen LogP contribution in [-0.2, 0) is 4.79 Å². The smallest absolute Gasteiger partial charge is 0.247 e. The van der Waals surface area contributed by atoms with Crippen molar-refractivity contribution in [2.45, 2.75) is 11.3 Å². The Morgan fingerprint density at radius 1 is 1.43 bits per heavy atom. The van der Waals surface area contributed by atoms with Gasteiger partial charge in [0.1, 0.15) is 0 Å². The lowest BCUT2D eigenvalue weighted by molar-refractivity contribution is -0.105. The van der Waals surface area contributed by atoms with E-state index in [9.17, 15) is 13.6 Å². The number of benzene rings is 1. The van der Waals surface area contributed by atoms with Crippen molar-refractivity contribution in [1.29, 1.82) is 0 Å². The number of thioether (sulfide) groups is 1. The summed E-state index contributed by atoms with van der Waals surface area (Å²) < 4.78 is 23.9. The van der Waals surface area contributed by atoms with E-state index in [1.807, 2.05) is 0 Å². The van der Waals surface area contributed by atoms with Crippen molar-refractivity contribution in [2.24, 2.45) is 0 Å². The first-order valence-corrected chi connectivity index (χ1v) is 4.92. The maximum atomic E-state index is 11.9. The zero-order valence-electron chi connectivity index (χ0n) is 7.24. The van der Waals surface area contributed by atoms with Crippen LogP contribution in [-0.4, -0.2) is 18.6 Å². The van der Waals surface area contributed by atoms with Gasteiger partial charge in [-0.1, -0.05) is 12.1 Å². The van der Waals surface area contributed by atoms with E-state index in [2.05, 4.69) is 5.32 Å². The quantitative estimate of drug-likeness (QED) is 0.606. The van der Waals surface area contributed by atoms with Gasteiger partial charge < -0.3 is 5.32 Å². The van der Waals surface area contributed by atoms with E-state index < -0.39 is 6.43 Å². The molecule has 1 N–H and O–H groups in total. The zero-order valence-corrected chi connectivity index (χ0v) is 8.06. The molecule has 76 valence electrons. The van der Waals surface area contributed by atoms with Crippen LogP contribution in [0.25, 0.3) is 0 Å².